The van der Waals surface area contributed by atoms with Gasteiger partial charge in [-0.2, -0.15) is 0 Å². The average Bonchev–Trinajstić information content (AvgIpc) is 3.07. The van der Waals surface area contributed by atoms with Gasteiger partial charge in [-0.15, -0.1) is 0 Å². The van der Waals surface area contributed by atoms with Crippen molar-refractivity contribution in [2.75, 3.05) is 26.1 Å². The highest BCUT2D eigenvalue weighted by Gasteiger charge is 2.15. The van der Waals surface area contributed by atoms with E-state index in [0.717, 1.165) is 0 Å². The fourth-order valence-corrected chi connectivity index (χ4v) is 1.98. The summed E-state index contributed by atoms with van der Waals surface area (Å²) in [6, 6.07) is 5.99. The molecule has 122 valence electrons. The van der Waals surface area contributed by atoms with Crippen LogP contribution in [-0.2, 0) is 9.53 Å². The zero-order chi connectivity index (χ0) is 16.8. The number of anilines is 1. The Balaban J connectivity index is 2.00. The second kappa shape index (κ2) is 7.55. The van der Waals surface area contributed by atoms with Gasteiger partial charge in [0.15, 0.2) is 6.61 Å². The lowest BCUT2D eigenvalue weighted by Gasteiger charge is -2.13. The van der Waals surface area contributed by atoms with Gasteiger partial charge in [-0.3, -0.25) is 4.79 Å². The van der Waals surface area contributed by atoms with Gasteiger partial charge in [-0.05, 0) is 18.2 Å². The van der Waals surface area contributed by atoms with Crippen molar-refractivity contribution in [3.63, 3.8) is 0 Å². The molecule has 0 saturated carbocycles. The Morgan fingerprint density at radius 2 is 1.96 bits per heavy atom. The Kier molecular flexibility index (Phi) is 5.48. The summed E-state index contributed by atoms with van der Waals surface area (Å²) >= 11 is 6.01. The van der Waals surface area contributed by atoms with E-state index in [9.17, 15) is 9.59 Å². The van der Waals surface area contributed by atoms with Crippen LogP contribution in [0.2, 0.25) is 5.02 Å². The predicted octanol–water partition coefficient (Wildman–Crippen LogP) is 2.75. The maximum absolute atomic E-state index is 11.9. The van der Waals surface area contributed by atoms with Crippen molar-refractivity contribution in [2.45, 2.75) is 0 Å². The van der Waals surface area contributed by atoms with Gasteiger partial charge in [0.2, 0.25) is 5.76 Å². The third-order valence-electron chi connectivity index (χ3n) is 2.80. The number of halogens is 1. The Morgan fingerprint density at radius 3 is 2.57 bits per heavy atom. The number of amides is 1. The Labute approximate surface area is 137 Å². The molecule has 23 heavy (non-hydrogen) atoms. The molecule has 0 saturated heterocycles. The lowest BCUT2D eigenvalue weighted by molar-refractivity contribution is -0.119. The highest BCUT2D eigenvalue weighted by atomic mass is 35.5. The van der Waals surface area contributed by atoms with Crippen molar-refractivity contribution in [1.29, 1.82) is 0 Å². The molecule has 7 nitrogen and oxygen atoms in total. The van der Waals surface area contributed by atoms with Crippen LogP contribution in [0.15, 0.2) is 34.9 Å². The van der Waals surface area contributed by atoms with E-state index in [1.54, 1.807) is 6.07 Å². The fraction of sp³-hybridized carbons (Fsp3) is 0.200. The first kappa shape index (κ1) is 16.7. The third kappa shape index (κ3) is 4.17. The molecule has 0 aliphatic rings. The van der Waals surface area contributed by atoms with E-state index in [1.165, 1.54) is 38.7 Å². The number of esters is 1. The first-order valence-corrected chi connectivity index (χ1v) is 6.85. The summed E-state index contributed by atoms with van der Waals surface area (Å²) < 4.78 is 19.9. The van der Waals surface area contributed by atoms with Crippen LogP contribution in [-0.4, -0.2) is 32.7 Å². The van der Waals surface area contributed by atoms with Crippen LogP contribution >= 0.6 is 11.6 Å². The van der Waals surface area contributed by atoms with Crippen LogP contribution < -0.4 is 14.8 Å². The van der Waals surface area contributed by atoms with Crippen LogP contribution in [0.4, 0.5) is 5.69 Å². The molecule has 1 aromatic heterocycles. The van der Waals surface area contributed by atoms with Crippen LogP contribution in [0.5, 0.6) is 11.5 Å². The predicted molar refractivity (Wildman–Crippen MR) is 82.2 cm³/mol. The smallest absolute Gasteiger partial charge is 0.374 e. The zero-order valence-electron chi connectivity index (χ0n) is 12.4. The van der Waals surface area contributed by atoms with Crippen molar-refractivity contribution < 1.29 is 28.2 Å². The number of rotatable bonds is 6. The van der Waals surface area contributed by atoms with Crippen LogP contribution in [0.3, 0.4) is 0 Å². The Morgan fingerprint density at radius 1 is 1.22 bits per heavy atom. The number of nitrogens with one attached hydrogen (secondary N) is 1. The number of benzene rings is 1. The number of carbonyl (C=O) groups excluding carboxylic acids is 2. The van der Waals surface area contributed by atoms with E-state index in [-0.39, 0.29) is 5.76 Å². The molecule has 0 radical (unpaired) electrons. The zero-order valence-corrected chi connectivity index (χ0v) is 13.2. The normalized spacial score (nSPS) is 10.0. The molecule has 8 heteroatoms. The van der Waals surface area contributed by atoms with Gasteiger partial charge in [0.25, 0.3) is 5.91 Å². The third-order valence-corrected chi connectivity index (χ3v) is 3.10. The summed E-state index contributed by atoms with van der Waals surface area (Å²) in [5.41, 5.74) is 0.331. The molecule has 0 bridgehead atoms. The molecule has 0 spiro atoms. The highest BCUT2D eigenvalue weighted by Crippen LogP contribution is 2.35. The van der Waals surface area contributed by atoms with E-state index in [4.69, 9.17) is 30.2 Å². The fourth-order valence-electron chi connectivity index (χ4n) is 1.74. The first-order chi connectivity index (χ1) is 11.0. The molecular weight excluding hydrogens is 326 g/mol. The second-order valence-electron chi connectivity index (χ2n) is 4.29. The van der Waals surface area contributed by atoms with Crippen molar-refractivity contribution in [3.05, 3.63) is 41.3 Å². The van der Waals surface area contributed by atoms with E-state index in [1.807, 2.05) is 0 Å². The number of methoxy groups -OCH3 is 2. The number of hydrogen-bond donors (Lipinski definition) is 1. The van der Waals surface area contributed by atoms with E-state index < -0.39 is 18.5 Å². The largest absolute Gasteiger partial charge is 0.495 e. The summed E-state index contributed by atoms with van der Waals surface area (Å²) in [4.78, 5) is 23.4. The SMILES string of the molecule is COc1cc(OC)c(NC(=O)COC(=O)c2ccco2)cc1Cl. The maximum Gasteiger partial charge on any atom is 0.374 e. The van der Waals surface area contributed by atoms with Gasteiger partial charge in [0, 0.05) is 6.07 Å². The Hall–Kier alpha value is -2.67. The molecule has 2 rings (SSSR count). The van der Waals surface area contributed by atoms with Crippen molar-refractivity contribution in [3.8, 4) is 11.5 Å². The molecule has 0 fully saturated rings. The topological polar surface area (TPSA) is 87.0 Å². The summed E-state index contributed by atoms with van der Waals surface area (Å²) in [7, 11) is 2.91. The number of hydrogen-bond acceptors (Lipinski definition) is 6. The highest BCUT2D eigenvalue weighted by molar-refractivity contribution is 6.32. The van der Waals surface area contributed by atoms with Crippen molar-refractivity contribution in [1.82, 2.24) is 0 Å². The van der Waals surface area contributed by atoms with Crippen LogP contribution in [0, 0.1) is 0 Å². The van der Waals surface area contributed by atoms with Gasteiger partial charge < -0.3 is 23.9 Å². The van der Waals surface area contributed by atoms with Crippen molar-refractivity contribution >= 4 is 29.2 Å². The lowest BCUT2D eigenvalue weighted by Crippen LogP contribution is -2.21. The van der Waals surface area contributed by atoms with Crippen molar-refractivity contribution in [2.24, 2.45) is 0 Å². The van der Waals surface area contributed by atoms with Gasteiger partial charge in [-0.1, -0.05) is 11.6 Å². The summed E-state index contributed by atoms with van der Waals surface area (Å²) in [6.45, 7) is -0.480. The quantitative estimate of drug-likeness (QED) is 0.814. The lowest BCUT2D eigenvalue weighted by atomic mass is 10.2. The molecular formula is C15H14ClNO6. The van der Waals surface area contributed by atoms with Gasteiger partial charge in [0.1, 0.15) is 11.5 Å². The maximum atomic E-state index is 11.9. The van der Waals surface area contributed by atoms with E-state index in [0.29, 0.717) is 22.2 Å². The second-order valence-corrected chi connectivity index (χ2v) is 4.70. The first-order valence-electron chi connectivity index (χ1n) is 6.47. The number of ether oxygens (including phenoxy) is 3. The minimum absolute atomic E-state index is 0.0165. The molecule has 1 aromatic carbocycles. The average molecular weight is 340 g/mol. The number of carbonyl (C=O) groups is 2. The van der Waals surface area contributed by atoms with Gasteiger partial charge >= 0.3 is 5.97 Å². The molecule has 0 unspecified atom stereocenters. The molecule has 2 aromatic rings. The summed E-state index contributed by atoms with van der Waals surface area (Å²) in [6.07, 6.45) is 1.33. The molecule has 0 aliphatic heterocycles. The molecule has 1 amide bonds. The van der Waals surface area contributed by atoms with Gasteiger partial charge in [0.05, 0.1) is 31.2 Å². The molecule has 0 aliphatic carbocycles. The summed E-state index contributed by atoms with van der Waals surface area (Å²) in [5, 5.41) is 2.84. The van der Waals surface area contributed by atoms with Gasteiger partial charge in [-0.25, -0.2) is 4.79 Å². The van der Waals surface area contributed by atoms with Crippen LogP contribution in [0.25, 0.3) is 0 Å². The monoisotopic (exact) mass is 339 g/mol. The standard InChI is InChI=1S/C15H14ClNO6/c1-20-12-7-13(21-2)10(6-9(12)16)17-14(18)8-23-15(19)11-4-3-5-22-11/h3-7H,8H2,1-2H3,(H,17,18). The summed E-state index contributed by atoms with van der Waals surface area (Å²) in [5.74, 6) is -0.500. The molecule has 1 heterocycles. The van der Waals surface area contributed by atoms with E-state index in [2.05, 4.69) is 5.32 Å². The minimum Gasteiger partial charge on any atom is -0.495 e. The van der Waals surface area contributed by atoms with E-state index >= 15 is 0 Å². The van der Waals surface area contributed by atoms with Crippen LogP contribution in [0.1, 0.15) is 10.6 Å². The Bertz CT molecular complexity index is 698. The minimum atomic E-state index is -0.732. The molecule has 0 atom stereocenters. The molecule has 1 N–H and O–H groups in total. The number of furan rings is 1.